The van der Waals surface area contributed by atoms with E-state index in [4.69, 9.17) is 22.1 Å². The summed E-state index contributed by atoms with van der Waals surface area (Å²) in [4.78, 5) is 8.08. The summed E-state index contributed by atoms with van der Waals surface area (Å²) in [5.74, 6) is 0.939. The lowest BCUT2D eigenvalue weighted by Crippen LogP contribution is -2.15. The Morgan fingerprint density at radius 1 is 1.42 bits per heavy atom. The average molecular weight is 276 g/mol. The van der Waals surface area contributed by atoms with Gasteiger partial charge in [0.1, 0.15) is 12.1 Å². The normalized spacial score (nSPS) is 14.8. The lowest BCUT2D eigenvalue weighted by atomic mass is 10.0. The topological polar surface area (TPSA) is 61.0 Å². The van der Waals surface area contributed by atoms with Crippen LogP contribution < -0.4 is 10.5 Å². The van der Waals surface area contributed by atoms with Crippen LogP contribution in [0.2, 0.25) is 5.02 Å². The van der Waals surface area contributed by atoms with Crippen LogP contribution in [0, 0.1) is 0 Å². The van der Waals surface area contributed by atoms with Crippen LogP contribution in [0.15, 0.2) is 30.7 Å². The van der Waals surface area contributed by atoms with E-state index in [2.05, 4.69) is 9.97 Å². The molecule has 4 nitrogen and oxygen atoms in total. The largest absolute Gasteiger partial charge is 0.493 e. The smallest absolute Gasteiger partial charge is 0.125 e. The van der Waals surface area contributed by atoms with Gasteiger partial charge in [-0.2, -0.15) is 0 Å². The first-order valence-corrected chi connectivity index (χ1v) is 6.57. The summed E-state index contributed by atoms with van der Waals surface area (Å²) in [7, 11) is 0. The van der Waals surface area contributed by atoms with Gasteiger partial charge in [0.15, 0.2) is 0 Å². The van der Waals surface area contributed by atoms with Gasteiger partial charge < -0.3 is 10.5 Å². The zero-order valence-electron chi connectivity index (χ0n) is 10.3. The van der Waals surface area contributed by atoms with E-state index < -0.39 is 0 Å². The molecule has 1 aliphatic rings. The summed E-state index contributed by atoms with van der Waals surface area (Å²) >= 11 is 6.14. The summed E-state index contributed by atoms with van der Waals surface area (Å²) in [5, 5.41) is 0.731. The Morgan fingerprint density at radius 3 is 3.11 bits per heavy atom. The molecule has 1 atom stereocenters. The molecule has 1 aromatic heterocycles. The maximum atomic E-state index is 6.18. The molecule has 0 amide bonds. The molecule has 0 spiro atoms. The number of ether oxygens (including phenoxy) is 1. The molecule has 2 aromatic rings. The van der Waals surface area contributed by atoms with E-state index in [0.717, 1.165) is 34.0 Å². The fraction of sp³-hybridized carbons (Fsp3) is 0.286. The second-order valence-electron chi connectivity index (χ2n) is 4.60. The number of hydrogen-bond acceptors (Lipinski definition) is 4. The van der Waals surface area contributed by atoms with Crippen LogP contribution in [0.1, 0.15) is 22.9 Å². The molecule has 1 unspecified atom stereocenters. The number of rotatable bonds is 3. The van der Waals surface area contributed by atoms with Gasteiger partial charge in [-0.3, -0.25) is 0 Å². The van der Waals surface area contributed by atoms with Crippen LogP contribution in [0.3, 0.4) is 0 Å². The predicted octanol–water partition coefficient (Wildman–Crippen LogP) is 2.31. The highest BCUT2D eigenvalue weighted by Gasteiger charge is 2.20. The Hall–Kier alpha value is -1.65. The fourth-order valence-electron chi connectivity index (χ4n) is 2.36. The number of benzene rings is 1. The second kappa shape index (κ2) is 5.15. The van der Waals surface area contributed by atoms with Crippen molar-refractivity contribution in [3.8, 4) is 5.75 Å². The Labute approximate surface area is 116 Å². The molecule has 2 N–H and O–H groups in total. The number of halogens is 1. The van der Waals surface area contributed by atoms with Gasteiger partial charge in [0.05, 0.1) is 18.3 Å². The maximum absolute atomic E-state index is 6.18. The number of fused-ring (bicyclic) bond motifs is 1. The van der Waals surface area contributed by atoms with Crippen molar-refractivity contribution in [1.29, 1.82) is 0 Å². The third-order valence-corrected chi connectivity index (χ3v) is 3.47. The van der Waals surface area contributed by atoms with Crippen molar-refractivity contribution in [2.45, 2.75) is 18.9 Å². The minimum Gasteiger partial charge on any atom is -0.493 e. The lowest BCUT2D eigenvalue weighted by molar-refractivity contribution is 0.352. The zero-order chi connectivity index (χ0) is 13.2. The molecule has 1 aromatic carbocycles. The summed E-state index contributed by atoms with van der Waals surface area (Å²) in [6, 6.07) is 5.53. The Balaban J connectivity index is 1.88. The number of nitrogens with zero attached hydrogens (tertiary/aromatic N) is 2. The van der Waals surface area contributed by atoms with Crippen LogP contribution in [-0.2, 0) is 12.8 Å². The van der Waals surface area contributed by atoms with E-state index in [1.54, 1.807) is 6.20 Å². The quantitative estimate of drug-likeness (QED) is 0.934. The molecule has 0 saturated heterocycles. The first-order valence-electron chi connectivity index (χ1n) is 6.19. The Kier molecular flexibility index (Phi) is 3.36. The molecule has 98 valence electrons. The number of aromatic nitrogens is 2. The summed E-state index contributed by atoms with van der Waals surface area (Å²) < 4.78 is 5.67. The molecule has 0 aliphatic carbocycles. The van der Waals surface area contributed by atoms with Crippen molar-refractivity contribution in [1.82, 2.24) is 9.97 Å². The zero-order valence-corrected chi connectivity index (χ0v) is 11.1. The first kappa shape index (κ1) is 12.4. The minimum absolute atomic E-state index is 0.185. The van der Waals surface area contributed by atoms with Crippen molar-refractivity contribution >= 4 is 11.6 Å². The first-order chi connectivity index (χ1) is 9.24. The van der Waals surface area contributed by atoms with Crippen LogP contribution in [0.5, 0.6) is 5.75 Å². The third-order valence-electron chi connectivity index (χ3n) is 3.25. The van der Waals surface area contributed by atoms with E-state index in [1.807, 2.05) is 18.2 Å². The molecule has 2 heterocycles. The average Bonchev–Trinajstić information content (AvgIpc) is 2.88. The Bertz CT molecular complexity index is 589. The van der Waals surface area contributed by atoms with Crippen molar-refractivity contribution in [3.63, 3.8) is 0 Å². The fourth-order valence-corrected chi connectivity index (χ4v) is 2.62. The minimum atomic E-state index is -0.185. The molecular formula is C14H14ClN3O. The highest BCUT2D eigenvalue weighted by molar-refractivity contribution is 6.30. The highest BCUT2D eigenvalue weighted by atomic mass is 35.5. The third kappa shape index (κ3) is 2.55. The van der Waals surface area contributed by atoms with E-state index in [9.17, 15) is 0 Å². The number of hydrogen-bond donors (Lipinski definition) is 1. The molecule has 0 bridgehead atoms. The van der Waals surface area contributed by atoms with Crippen LogP contribution in [0.4, 0.5) is 0 Å². The van der Waals surface area contributed by atoms with Crippen molar-refractivity contribution in [3.05, 3.63) is 52.6 Å². The van der Waals surface area contributed by atoms with Crippen LogP contribution >= 0.6 is 11.6 Å². The summed E-state index contributed by atoms with van der Waals surface area (Å²) in [6.45, 7) is 0.714. The molecular weight excluding hydrogens is 262 g/mol. The molecule has 5 heteroatoms. The monoisotopic (exact) mass is 275 g/mol. The Morgan fingerprint density at radius 2 is 2.32 bits per heavy atom. The molecule has 0 saturated carbocycles. The van der Waals surface area contributed by atoms with E-state index >= 15 is 0 Å². The second-order valence-corrected chi connectivity index (χ2v) is 5.03. The van der Waals surface area contributed by atoms with E-state index in [0.29, 0.717) is 13.0 Å². The van der Waals surface area contributed by atoms with Crippen LogP contribution in [-0.4, -0.2) is 16.6 Å². The molecule has 19 heavy (non-hydrogen) atoms. The summed E-state index contributed by atoms with van der Waals surface area (Å²) in [5.41, 5.74) is 9.21. The van der Waals surface area contributed by atoms with Gasteiger partial charge in [-0.15, -0.1) is 0 Å². The van der Waals surface area contributed by atoms with Crippen molar-refractivity contribution in [2.75, 3.05) is 6.61 Å². The highest BCUT2D eigenvalue weighted by Crippen LogP contribution is 2.34. The summed E-state index contributed by atoms with van der Waals surface area (Å²) in [6.07, 6.45) is 4.76. The van der Waals surface area contributed by atoms with E-state index in [-0.39, 0.29) is 6.04 Å². The SMILES string of the molecule is NC(Cc1cc(Cl)cc2c1OCC2)c1ccncn1. The molecule has 0 fully saturated rings. The van der Waals surface area contributed by atoms with Gasteiger partial charge in [-0.25, -0.2) is 9.97 Å². The van der Waals surface area contributed by atoms with Gasteiger partial charge >= 0.3 is 0 Å². The maximum Gasteiger partial charge on any atom is 0.125 e. The number of nitrogens with two attached hydrogens (primary N) is 1. The van der Waals surface area contributed by atoms with Gasteiger partial charge in [0.25, 0.3) is 0 Å². The standard InChI is InChI=1S/C14H14ClN3O/c15-11-5-9-2-4-19-14(9)10(6-11)7-12(16)13-1-3-17-8-18-13/h1,3,5-6,8,12H,2,4,7,16H2. The van der Waals surface area contributed by atoms with E-state index in [1.165, 1.54) is 6.33 Å². The van der Waals surface area contributed by atoms with Crippen molar-refractivity contribution in [2.24, 2.45) is 5.73 Å². The van der Waals surface area contributed by atoms with Crippen molar-refractivity contribution < 1.29 is 4.74 Å². The van der Waals surface area contributed by atoms with Gasteiger partial charge in [-0.05, 0) is 35.7 Å². The predicted molar refractivity (Wildman–Crippen MR) is 73.3 cm³/mol. The van der Waals surface area contributed by atoms with Gasteiger partial charge in [0, 0.05) is 17.6 Å². The van der Waals surface area contributed by atoms with Gasteiger partial charge in [-0.1, -0.05) is 11.6 Å². The lowest BCUT2D eigenvalue weighted by Gasteiger charge is -2.14. The molecule has 0 radical (unpaired) electrons. The van der Waals surface area contributed by atoms with Gasteiger partial charge in [0.2, 0.25) is 0 Å². The molecule has 1 aliphatic heterocycles. The van der Waals surface area contributed by atoms with Crippen LogP contribution in [0.25, 0.3) is 0 Å². The molecule has 3 rings (SSSR count).